The van der Waals surface area contributed by atoms with Crippen LogP contribution in [-0.2, 0) is 7.05 Å². The van der Waals surface area contributed by atoms with Crippen LogP contribution < -0.4 is 4.57 Å². The number of hydrogen-bond acceptors (Lipinski definition) is 1. The molecule has 2 nitrogen and oxygen atoms in total. The number of aryl methyl sites for hydroxylation is 3. The highest BCUT2D eigenvalue weighted by molar-refractivity contribution is 6.13. The van der Waals surface area contributed by atoms with E-state index >= 15 is 4.39 Å². The fourth-order valence-corrected chi connectivity index (χ4v) is 5.33. The second-order valence-electron chi connectivity index (χ2n) is 10.6. The van der Waals surface area contributed by atoms with Gasteiger partial charge in [0.05, 0.1) is 11.1 Å². The standard InChI is InChI=1S/C35H31FNO/c1-21(2)27-18-19-37(5)31(20-27)32-23(4)8-15-28-29-16-17-30(36)33(35(29)38-34(28)32)26-13-11-25(12-14-26)24-9-6-22(3)7-10-24/h6-21H,1-5H3/q+1. The molecule has 0 radical (unpaired) electrons. The molecule has 0 aliphatic rings. The molecule has 2 aromatic heterocycles. The molecule has 6 aromatic rings. The van der Waals surface area contributed by atoms with E-state index in [1.54, 1.807) is 6.07 Å². The van der Waals surface area contributed by atoms with Crippen molar-refractivity contribution in [2.75, 3.05) is 0 Å². The first-order chi connectivity index (χ1) is 18.3. The van der Waals surface area contributed by atoms with E-state index in [0.717, 1.165) is 49.9 Å². The minimum Gasteiger partial charge on any atom is -0.454 e. The maximum Gasteiger partial charge on any atom is 0.216 e. The van der Waals surface area contributed by atoms with E-state index in [-0.39, 0.29) is 5.82 Å². The molecule has 188 valence electrons. The maximum atomic E-state index is 15.4. The summed E-state index contributed by atoms with van der Waals surface area (Å²) in [6, 6.07) is 28.5. The van der Waals surface area contributed by atoms with Gasteiger partial charge in [0.1, 0.15) is 24.0 Å². The van der Waals surface area contributed by atoms with Gasteiger partial charge in [0, 0.05) is 22.9 Å². The average molecular weight is 501 g/mol. The molecule has 0 bridgehead atoms. The Labute approximate surface area is 223 Å². The van der Waals surface area contributed by atoms with Crippen molar-refractivity contribution in [1.29, 1.82) is 0 Å². The van der Waals surface area contributed by atoms with Crippen LogP contribution in [0.15, 0.2) is 95.5 Å². The van der Waals surface area contributed by atoms with Crippen LogP contribution >= 0.6 is 0 Å². The summed E-state index contributed by atoms with van der Waals surface area (Å²) >= 11 is 0. The molecule has 0 fully saturated rings. The molecule has 0 atom stereocenters. The van der Waals surface area contributed by atoms with Gasteiger partial charge in [0.15, 0.2) is 6.20 Å². The number of furan rings is 1. The van der Waals surface area contributed by atoms with E-state index in [4.69, 9.17) is 4.42 Å². The topological polar surface area (TPSA) is 17.0 Å². The first kappa shape index (κ1) is 24.1. The summed E-state index contributed by atoms with van der Waals surface area (Å²) in [6.07, 6.45) is 2.10. The lowest BCUT2D eigenvalue weighted by atomic mass is 9.96. The van der Waals surface area contributed by atoms with Crippen molar-refractivity contribution in [3.8, 4) is 33.5 Å². The number of nitrogens with zero attached hydrogens (tertiary/aromatic N) is 1. The largest absolute Gasteiger partial charge is 0.454 e. The second kappa shape index (κ2) is 9.25. The van der Waals surface area contributed by atoms with Gasteiger partial charge in [-0.25, -0.2) is 8.96 Å². The van der Waals surface area contributed by atoms with Crippen molar-refractivity contribution >= 4 is 21.9 Å². The molecule has 0 unspecified atom stereocenters. The molecule has 2 heterocycles. The van der Waals surface area contributed by atoms with Crippen LogP contribution in [0.2, 0.25) is 0 Å². The molecular weight excluding hydrogens is 469 g/mol. The lowest BCUT2D eigenvalue weighted by molar-refractivity contribution is -0.660. The third-order valence-corrected chi connectivity index (χ3v) is 7.62. The zero-order valence-electron chi connectivity index (χ0n) is 22.5. The van der Waals surface area contributed by atoms with Crippen LogP contribution in [-0.4, -0.2) is 0 Å². The van der Waals surface area contributed by atoms with Crippen LogP contribution in [0.1, 0.15) is 36.5 Å². The van der Waals surface area contributed by atoms with Crippen molar-refractivity contribution in [1.82, 2.24) is 0 Å². The Bertz CT molecular complexity index is 1810. The summed E-state index contributed by atoms with van der Waals surface area (Å²) in [5.74, 6) is 0.124. The van der Waals surface area contributed by atoms with Gasteiger partial charge >= 0.3 is 0 Å². The first-order valence-electron chi connectivity index (χ1n) is 13.1. The monoisotopic (exact) mass is 500 g/mol. The van der Waals surface area contributed by atoms with Crippen LogP contribution in [0.25, 0.3) is 55.4 Å². The lowest BCUT2D eigenvalue weighted by Gasteiger charge is -2.09. The van der Waals surface area contributed by atoms with E-state index in [1.807, 2.05) is 30.3 Å². The number of benzene rings is 4. The van der Waals surface area contributed by atoms with Crippen molar-refractivity contribution < 1.29 is 13.4 Å². The van der Waals surface area contributed by atoms with E-state index in [0.29, 0.717) is 17.1 Å². The average Bonchev–Trinajstić information content (AvgIpc) is 3.28. The Hall–Kier alpha value is -4.24. The van der Waals surface area contributed by atoms with Gasteiger partial charge in [-0.05, 0) is 59.7 Å². The summed E-state index contributed by atoms with van der Waals surface area (Å²) in [5.41, 5.74) is 10.7. The fourth-order valence-electron chi connectivity index (χ4n) is 5.33. The Balaban J connectivity index is 1.55. The molecule has 0 spiro atoms. The van der Waals surface area contributed by atoms with Gasteiger partial charge in [0.25, 0.3) is 0 Å². The summed E-state index contributed by atoms with van der Waals surface area (Å²) in [4.78, 5) is 0. The molecule has 6 rings (SSSR count). The smallest absolute Gasteiger partial charge is 0.216 e. The van der Waals surface area contributed by atoms with Crippen LogP contribution in [0, 0.1) is 19.7 Å². The maximum absolute atomic E-state index is 15.4. The molecule has 3 heteroatoms. The molecule has 0 saturated heterocycles. The Morgan fingerprint density at radius 2 is 1.26 bits per heavy atom. The molecule has 0 saturated carbocycles. The van der Waals surface area contributed by atoms with Gasteiger partial charge in [-0.1, -0.05) is 80.1 Å². The van der Waals surface area contributed by atoms with Crippen molar-refractivity contribution in [2.24, 2.45) is 7.05 Å². The number of rotatable bonds is 4. The normalized spacial score (nSPS) is 11.7. The van der Waals surface area contributed by atoms with Gasteiger partial charge in [-0.3, -0.25) is 0 Å². The highest BCUT2D eigenvalue weighted by Crippen LogP contribution is 2.42. The predicted molar refractivity (Wildman–Crippen MR) is 155 cm³/mol. The second-order valence-corrected chi connectivity index (χ2v) is 10.6. The highest BCUT2D eigenvalue weighted by Gasteiger charge is 2.24. The predicted octanol–water partition coefficient (Wildman–Crippen LogP) is 9.29. The third kappa shape index (κ3) is 3.99. The lowest BCUT2D eigenvalue weighted by Crippen LogP contribution is -2.31. The zero-order chi connectivity index (χ0) is 26.6. The minimum absolute atomic E-state index is 0.287. The SMILES string of the molecule is Cc1ccc(-c2ccc(-c3c(F)ccc4c3oc3c(-c5cc(C(C)C)cc[n+]5C)c(C)ccc34)cc2)cc1. The van der Waals surface area contributed by atoms with Gasteiger partial charge in [-0.15, -0.1) is 0 Å². The highest BCUT2D eigenvalue weighted by atomic mass is 19.1. The van der Waals surface area contributed by atoms with Gasteiger partial charge in [0.2, 0.25) is 5.69 Å². The number of fused-ring (bicyclic) bond motifs is 3. The summed E-state index contributed by atoms with van der Waals surface area (Å²) in [7, 11) is 2.06. The third-order valence-electron chi connectivity index (χ3n) is 7.62. The van der Waals surface area contributed by atoms with Gasteiger partial charge < -0.3 is 4.42 Å². The summed E-state index contributed by atoms with van der Waals surface area (Å²) < 4.78 is 24.2. The minimum atomic E-state index is -0.287. The number of aromatic nitrogens is 1. The molecule has 0 amide bonds. The number of hydrogen-bond donors (Lipinski definition) is 0. The number of pyridine rings is 1. The Kier molecular flexibility index (Phi) is 5.87. The van der Waals surface area contributed by atoms with Crippen LogP contribution in [0.5, 0.6) is 0 Å². The van der Waals surface area contributed by atoms with Crippen LogP contribution in [0.4, 0.5) is 4.39 Å². The zero-order valence-corrected chi connectivity index (χ0v) is 22.5. The van der Waals surface area contributed by atoms with Gasteiger partial charge in [-0.2, -0.15) is 0 Å². The Morgan fingerprint density at radius 1 is 0.684 bits per heavy atom. The van der Waals surface area contributed by atoms with Crippen LogP contribution in [0.3, 0.4) is 0 Å². The first-order valence-corrected chi connectivity index (χ1v) is 13.1. The quantitative estimate of drug-likeness (QED) is 0.220. The number of halogens is 1. The van der Waals surface area contributed by atoms with E-state index in [1.165, 1.54) is 11.1 Å². The molecule has 4 aromatic carbocycles. The molecule has 0 N–H and O–H groups in total. The summed E-state index contributed by atoms with van der Waals surface area (Å²) in [6.45, 7) is 8.59. The van der Waals surface area contributed by atoms with Crippen molar-refractivity contribution in [3.63, 3.8) is 0 Å². The van der Waals surface area contributed by atoms with E-state index in [2.05, 4.69) is 94.0 Å². The van der Waals surface area contributed by atoms with E-state index < -0.39 is 0 Å². The molecular formula is C35H31FNO+. The van der Waals surface area contributed by atoms with Crippen molar-refractivity contribution in [3.05, 3.63) is 114 Å². The fraction of sp³-hybridized carbons (Fsp3) is 0.171. The summed E-state index contributed by atoms with van der Waals surface area (Å²) in [5, 5.41) is 1.91. The molecule has 38 heavy (non-hydrogen) atoms. The Morgan fingerprint density at radius 3 is 1.92 bits per heavy atom. The van der Waals surface area contributed by atoms with Crippen molar-refractivity contribution in [2.45, 2.75) is 33.6 Å². The molecule has 0 aliphatic carbocycles. The van der Waals surface area contributed by atoms with E-state index in [9.17, 15) is 0 Å². The molecule has 0 aliphatic heterocycles.